The summed E-state index contributed by atoms with van der Waals surface area (Å²) < 4.78 is 0. The number of hydrogen-bond donors (Lipinski definition) is 2. The molecule has 1 fully saturated rings. The predicted molar refractivity (Wildman–Crippen MR) is 87.7 cm³/mol. The average molecular weight is 328 g/mol. The number of aromatic carboxylic acids is 1. The minimum atomic E-state index is -1.02. The number of rotatable bonds is 4. The van der Waals surface area contributed by atoms with Crippen LogP contribution in [0.2, 0.25) is 0 Å². The molecule has 3 rings (SSSR count). The number of thioether (sulfide) groups is 1. The van der Waals surface area contributed by atoms with Gasteiger partial charge in [-0.2, -0.15) is 0 Å². The summed E-state index contributed by atoms with van der Waals surface area (Å²) >= 11 is 0.892. The maximum atomic E-state index is 12.4. The number of anilines is 2. The molecule has 0 spiro atoms. The lowest BCUT2D eigenvalue weighted by atomic mass is 10.2. The Hall–Kier alpha value is -2.80. The monoisotopic (exact) mass is 328 g/mol. The number of nitrogens with one attached hydrogen (secondary N) is 1. The van der Waals surface area contributed by atoms with Crippen molar-refractivity contribution in [2.24, 2.45) is 0 Å². The summed E-state index contributed by atoms with van der Waals surface area (Å²) in [7, 11) is 0. The van der Waals surface area contributed by atoms with Gasteiger partial charge < -0.3 is 10.4 Å². The Bertz CT molecular complexity index is 761. The molecule has 0 bridgehead atoms. The first-order valence-corrected chi connectivity index (χ1v) is 7.64. The molecule has 0 unspecified atom stereocenters. The van der Waals surface area contributed by atoms with Crippen LogP contribution in [0.5, 0.6) is 0 Å². The molecule has 2 aromatic carbocycles. The van der Waals surface area contributed by atoms with E-state index < -0.39 is 11.3 Å². The molecule has 2 aromatic rings. The molecule has 0 aromatic heterocycles. The van der Waals surface area contributed by atoms with Crippen molar-refractivity contribution in [3.8, 4) is 0 Å². The van der Waals surface area contributed by atoms with Crippen LogP contribution in [-0.2, 0) is 4.79 Å². The molecule has 1 atom stereocenters. The highest BCUT2D eigenvalue weighted by atomic mass is 32.2. The lowest BCUT2D eigenvalue weighted by molar-refractivity contribution is -0.116. The van der Waals surface area contributed by atoms with Crippen LogP contribution in [0.3, 0.4) is 0 Å². The first kappa shape index (κ1) is 15.1. The van der Waals surface area contributed by atoms with Crippen LogP contribution in [0.4, 0.5) is 16.2 Å². The Labute approximate surface area is 136 Å². The third kappa shape index (κ3) is 3.04. The zero-order chi connectivity index (χ0) is 16.4. The summed E-state index contributed by atoms with van der Waals surface area (Å²) in [5, 5.41) is 10.7. The van der Waals surface area contributed by atoms with Crippen molar-refractivity contribution < 1.29 is 19.5 Å². The molecule has 23 heavy (non-hydrogen) atoms. The Morgan fingerprint density at radius 3 is 2.30 bits per heavy atom. The lowest BCUT2D eigenvalue weighted by Crippen LogP contribution is -2.34. The Kier molecular flexibility index (Phi) is 4.03. The van der Waals surface area contributed by atoms with Crippen LogP contribution >= 0.6 is 11.8 Å². The van der Waals surface area contributed by atoms with E-state index in [1.54, 1.807) is 42.5 Å². The third-order valence-electron chi connectivity index (χ3n) is 3.29. The molecule has 2 amide bonds. The number of hydrogen-bond acceptors (Lipinski definition) is 5. The third-order valence-corrected chi connectivity index (χ3v) is 4.23. The number of amides is 2. The van der Waals surface area contributed by atoms with Gasteiger partial charge in [0.2, 0.25) is 0 Å². The molecular formula is C16H12N2O4S. The van der Waals surface area contributed by atoms with Gasteiger partial charge in [0.15, 0.2) is 5.37 Å². The number of carboxylic acids is 1. The quantitative estimate of drug-likeness (QED) is 0.897. The van der Waals surface area contributed by atoms with Crippen LogP contribution in [0.1, 0.15) is 10.4 Å². The number of nitrogens with zero attached hydrogens (tertiary/aromatic N) is 1. The van der Waals surface area contributed by atoms with Gasteiger partial charge in [-0.3, -0.25) is 9.59 Å². The van der Waals surface area contributed by atoms with E-state index in [4.69, 9.17) is 5.11 Å². The second-order valence-corrected chi connectivity index (χ2v) is 5.86. The summed E-state index contributed by atoms with van der Waals surface area (Å²) in [6.45, 7) is 0. The number of imide groups is 1. The van der Waals surface area contributed by atoms with E-state index in [2.05, 4.69) is 5.32 Å². The number of carbonyl (C=O) groups excluding carboxylic acids is 2. The van der Waals surface area contributed by atoms with E-state index >= 15 is 0 Å². The molecule has 0 aliphatic carbocycles. The first-order chi connectivity index (χ1) is 11.1. The van der Waals surface area contributed by atoms with Crippen LogP contribution < -0.4 is 10.2 Å². The van der Waals surface area contributed by atoms with E-state index in [1.165, 1.54) is 12.1 Å². The topological polar surface area (TPSA) is 86.7 Å². The number of para-hydroxylation sites is 1. The zero-order valence-corrected chi connectivity index (χ0v) is 12.6. The van der Waals surface area contributed by atoms with Crippen molar-refractivity contribution in [3.05, 3.63) is 60.2 Å². The molecule has 1 aliphatic heterocycles. The van der Waals surface area contributed by atoms with Gasteiger partial charge in [-0.05, 0) is 48.2 Å². The molecule has 0 radical (unpaired) electrons. The highest BCUT2D eigenvalue weighted by Gasteiger charge is 2.40. The Balaban J connectivity index is 1.76. The molecule has 1 aliphatic rings. The van der Waals surface area contributed by atoms with Gasteiger partial charge in [0.25, 0.3) is 11.1 Å². The van der Waals surface area contributed by atoms with Gasteiger partial charge in [0.05, 0.1) is 11.3 Å². The second kappa shape index (κ2) is 6.13. The van der Waals surface area contributed by atoms with Crippen LogP contribution in [0.25, 0.3) is 0 Å². The van der Waals surface area contributed by atoms with Crippen LogP contribution in [-0.4, -0.2) is 27.6 Å². The smallest absolute Gasteiger partial charge is 0.335 e. The van der Waals surface area contributed by atoms with Gasteiger partial charge >= 0.3 is 5.97 Å². The van der Waals surface area contributed by atoms with E-state index in [9.17, 15) is 14.4 Å². The van der Waals surface area contributed by atoms with Crippen molar-refractivity contribution in [1.29, 1.82) is 0 Å². The molecule has 6 nitrogen and oxygen atoms in total. The van der Waals surface area contributed by atoms with Gasteiger partial charge in [-0.15, -0.1) is 0 Å². The molecule has 1 heterocycles. The fourth-order valence-electron chi connectivity index (χ4n) is 2.17. The minimum absolute atomic E-state index is 0.156. The average Bonchev–Trinajstić information content (AvgIpc) is 2.82. The molecular weight excluding hydrogens is 316 g/mol. The number of benzene rings is 2. The van der Waals surface area contributed by atoms with Gasteiger partial charge in [0, 0.05) is 5.69 Å². The standard InChI is InChI=1S/C16H12N2O4S/c19-14-13(17-11-8-6-10(7-9-11)15(20)21)23-16(22)18(14)12-4-2-1-3-5-12/h1-9,13,17H,(H,20,21)/t13-/m0/s1. The Morgan fingerprint density at radius 2 is 1.70 bits per heavy atom. The van der Waals surface area contributed by atoms with Crippen LogP contribution in [0.15, 0.2) is 54.6 Å². The van der Waals surface area contributed by atoms with Crippen molar-refractivity contribution in [1.82, 2.24) is 0 Å². The van der Waals surface area contributed by atoms with Crippen molar-refractivity contribution >= 4 is 40.3 Å². The van der Waals surface area contributed by atoms with Gasteiger partial charge in [0.1, 0.15) is 0 Å². The van der Waals surface area contributed by atoms with Crippen molar-refractivity contribution in [2.75, 3.05) is 10.2 Å². The highest BCUT2D eigenvalue weighted by molar-refractivity contribution is 8.16. The van der Waals surface area contributed by atoms with Gasteiger partial charge in [-0.1, -0.05) is 18.2 Å². The normalized spacial score (nSPS) is 17.4. The SMILES string of the molecule is O=C(O)c1ccc(N[C@H]2SC(=O)N(c3ccccc3)C2=O)cc1. The van der Waals surface area contributed by atoms with E-state index in [0.29, 0.717) is 11.4 Å². The fraction of sp³-hybridized carbons (Fsp3) is 0.0625. The maximum Gasteiger partial charge on any atom is 0.335 e. The number of carbonyl (C=O) groups is 3. The summed E-state index contributed by atoms with van der Waals surface area (Å²) in [5.41, 5.74) is 1.26. The molecule has 116 valence electrons. The maximum absolute atomic E-state index is 12.4. The van der Waals surface area contributed by atoms with E-state index in [-0.39, 0.29) is 16.7 Å². The summed E-state index contributed by atoms with van der Waals surface area (Å²) in [6.07, 6.45) is 0. The van der Waals surface area contributed by atoms with Gasteiger partial charge in [-0.25, -0.2) is 9.69 Å². The highest BCUT2D eigenvalue weighted by Crippen LogP contribution is 2.32. The van der Waals surface area contributed by atoms with Crippen molar-refractivity contribution in [3.63, 3.8) is 0 Å². The molecule has 7 heteroatoms. The number of carboxylic acid groups (broad SMARTS) is 1. The molecule has 2 N–H and O–H groups in total. The lowest BCUT2D eigenvalue weighted by Gasteiger charge is -2.14. The van der Waals surface area contributed by atoms with E-state index in [0.717, 1.165) is 16.7 Å². The molecule has 1 saturated heterocycles. The fourth-order valence-corrected chi connectivity index (χ4v) is 3.08. The zero-order valence-electron chi connectivity index (χ0n) is 11.8. The largest absolute Gasteiger partial charge is 0.478 e. The summed E-state index contributed by atoms with van der Waals surface area (Å²) in [6, 6.07) is 14.7. The second-order valence-electron chi connectivity index (χ2n) is 4.80. The molecule has 0 saturated carbocycles. The predicted octanol–water partition coefficient (Wildman–Crippen LogP) is 3.02. The first-order valence-electron chi connectivity index (χ1n) is 6.76. The van der Waals surface area contributed by atoms with Crippen molar-refractivity contribution in [2.45, 2.75) is 5.37 Å². The summed E-state index contributed by atoms with van der Waals surface area (Å²) in [5.74, 6) is -1.37. The summed E-state index contributed by atoms with van der Waals surface area (Å²) in [4.78, 5) is 36.5. The minimum Gasteiger partial charge on any atom is -0.478 e. The van der Waals surface area contributed by atoms with E-state index in [1.807, 2.05) is 0 Å². The van der Waals surface area contributed by atoms with Crippen LogP contribution in [0, 0.1) is 0 Å². The Morgan fingerprint density at radius 1 is 1.04 bits per heavy atom.